The van der Waals surface area contributed by atoms with Gasteiger partial charge in [0.25, 0.3) is 5.91 Å². The number of hydrogen-bond acceptors (Lipinski definition) is 4. The first-order valence-corrected chi connectivity index (χ1v) is 7.50. The first kappa shape index (κ1) is 16.5. The highest BCUT2D eigenvalue weighted by Crippen LogP contribution is 2.18. The van der Waals surface area contributed by atoms with E-state index in [-0.39, 0.29) is 17.5 Å². The summed E-state index contributed by atoms with van der Waals surface area (Å²) in [6.45, 7) is 4.25. The van der Waals surface area contributed by atoms with Crippen molar-refractivity contribution in [3.63, 3.8) is 0 Å². The lowest BCUT2D eigenvalue weighted by Gasteiger charge is -2.13. The summed E-state index contributed by atoms with van der Waals surface area (Å²) < 4.78 is 1.46. The molecule has 1 aromatic heterocycles. The number of carbonyl (C=O) groups excluding carboxylic acids is 1. The van der Waals surface area contributed by atoms with Crippen LogP contribution in [0.4, 0.5) is 0 Å². The Morgan fingerprint density at radius 1 is 1.41 bits per heavy atom. The standard InChI is InChI=1S/C15H19ClN4O2/c1-10(2)14(21)7-8-17-15(22)12-9-20(19-18-12)13-6-4-3-5-11(13)16/h3-6,9-10,14,21H,7-8H2,1-2H3,(H,17,22). The largest absolute Gasteiger partial charge is 0.393 e. The van der Waals surface area contributed by atoms with Crippen molar-refractivity contribution in [1.82, 2.24) is 20.3 Å². The molecule has 0 saturated heterocycles. The normalized spacial score (nSPS) is 12.4. The molecule has 0 radical (unpaired) electrons. The summed E-state index contributed by atoms with van der Waals surface area (Å²) >= 11 is 6.08. The number of nitrogens with zero attached hydrogens (tertiary/aromatic N) is 3. The zero-order chi connectivity index (χ0) is 16.1. The second-order valence-corrected chi connectivity index (χ2v) is 5.76. The Balaban J connectivity index is 1.97. The van der Waals surface area contributed by atoms with Gasteiger partial charge in [0.15, 0.2) is 5.69 Å². The molecule has 0 aliphatic carbocycles. The van der Waals surface area contributed by atoms with Crippen LogP contribution in [0, 0.1) is 5.92 Å². The van der Waals surface area contributed by atoms with Crippen molar-refractivity contribution < 1.29 is 9.90 Å². The monoisotopic (exact) mass is 322 g/mol. The molecule has 6 nitrogen and oxygen atoms in total. The van der Waals surface area contributed by atoms with E-state index in [2.05, 4.69) is 15.6 Å². The minimum absolute atomic E-state index is 0.165. The van der Waals surface area contributed by atoms with E-state index in [1.54, 1.807) is 12.1 Å². The van der Waals surface area contributed by atoms with Crippen molar-refractivity contribution in [3.05, 3.63) is 41.2 Å². The van der Waals surface area contributed by atoms with Gasteiger partial charge in [-0.05, 0) is 24.5 Å². The van der Waals surface area contributed by atoms with Crippen molar-refractivity contribution in [2.75, 3.05) is 6.54 Å². The minimum Gasteiger partial charge on any atom is -0.393 e. The molecule has 1 aromatic carbocycles. The quantitative estimate of drug-likeness (QED) is 0.853. The number of benzene rings is 1. The highest BCUT2D eigenvalue weighted by Gasteiger charge is 2.14. The fraction of sp³-hybridized carbons (Fsp3) is 0.400. The van der Waals surface area contributed by atoms with Gasteiger partial charge in [-0.3, -0.25) is 4.79 Å². The lowest BCUT2D eigenvalue weighted by molar-refractivity contribution is 0.0915. The molecule has 1 heterocycles. The van der Waals surface area contributed by atoms with Crippen LogP contribution in [0.15, 0.2) is 30.5 Å². The third-order valence-electron chi connectivity index (χ3n) is 3.32. The van der Waals surface area contributed by atoms with Crippen molar-refractivity contribution in [2.24, 2.45) is 5.92 Å². The number of nitrogens with one attached hydrogen (secondary N) is 1. The Morgan fingerprint density at radius 3 is 2.82 bits per heavy atom. The number of aromatic nitrogens is 3. The van der Waals surface area contributed by atoms with Crippen LogP contribution in [0.2, 0.25) is 5.02 Å². The molecule has 2 aromatic rings. The molecule has 0 aliphatic heterocycles. The summed E-state index contributed by atoms with van der Waals surface area (Å²) in [6, 6.07) is 7.18. The van der Waals surface area contributed by atoms with E-state index in [0.717, 1.165) is 0 Å². The number of carbonyl (C=O) groups is 1. The average molecular weight is 323 g/mol. The molecular formula is C15H19ClN4O2. The van der Waals surface area contributed by atoms with E-state index < -0.39 is 6.10 Å². The molecule has 0 aliphatic rings. The number of aliphatic hydroxyl groups is 1. The van der Waals surface area contributed by atoms with E-state index >= 15 is 0 Å². The molecule has 118 valence electrons. The van der Waals surface area contributed by atoms with Crippen LogP contribution >= 0.6 is 11.6 Å². The SMILES string of the molecule is CC(C)C(O)CCNC(=O)c1cn(-c2ccccc2Cl)nn1. The summed E-state index contributed by atoms with van der Waals surface area (Å²) in [7, 11) is 0. The van der Waals surface area contributed by atoms with Gasteiger partial charge in [0, 0.05) is 6.54 Å². The van der Waals surface area contributed by atoms with E-state index in [9.17, 15) is 9.90 Å². The van der Waals surface area contributed by atoms with Crippen LogP contribution in [0.25, 0.3) is 5.69 Å². The summed E-state index contributed by atoms with van der Waals surface area (Å²) in [5, 5.41) is 20.7. The van der Waals surface area contributed by atoms with Gasteiger partial charge in [-0.15, -0.1) is 5.10 Å². The van der Waals surface area contributed by atoms with Gasteiger partial charge in [0.2, 0.25) is 0 Å². The average Bonchev–Trinajstić information content (AvgIpc) is 2.97. The first-order chi connectivity index (χ1) is 10.5. The lowest BCUT2D eigenvalue weighted by Crippen LogP contribution is -2.28. The summed E-state index contributed by atoms with van der Waals surface area (Å²) in [6.07, 6.45) is 1.59. The lowest BCUT2D eigenvalue weighted by atomic mass is 10.0. The van der Waals surface area contributed by atoms with E-state index in [0.29, 0.717) is 23.7 Å². The number of hydrogen-bond donors (Lipinski definition) is 2. The topological polar surface area (TPSA) is 80.0 Å². The maximum atomic E-state index is 12.0. The Labute approximate surface area is 134 Å². The van der Waals surface area contributed by atoms with Gasteiger partial charge >= 0.3 is 0 Å². The maximum Gasteiger partial charge on any atom is 0.273 e. The second-order valence-electron chi connectivity index (χ2n) is 5.36. The van der Waals surface area contributed by atoms with Gasteiger partial charge in [-0.1, -0.05) is 42.8 Å². The fourth-order valence-corrected chi connectivity index (χ4v) is 2.10. The predicted octanol–water partition coefficient (Wildman–Crippen LogP) is 2.06. The van der Waals surface area contributed by atoms with Crippen molar-refractivity contribution in [3.8, 4) is 5.69 Å². The van der Waals surface area contributed by atoms with Crippen LogP contribution in [0.1, 0.15) is 30.8 Å². The van der Waals surface area contributed by atoms with Crippen LogP contribution in [-0.2, 0) is 0 Å². The van der Waals surface area contributed by atoms with Crippen LogP contribution in [0.3, 0.4) is 0 Å². The van der Waals surface area contributed by atoms with Crippen LogP contribution in [0.5, 0.6) is 0 Å². The Bertz CT molecular complexity index is 642. The van der Waals surface area contributed by atoms with Gasteiger partial charge in [-0.25, -0.2) is 4.68 Å². The molecule has 1 unspecified atom stereocenters. The van der Waals surface area contributed by atoms with Crippen molar-refractivity contribution in [2.45, 2.75) is 26.4 Å². The first-order valence-electron chi connectivity index (χ1n) is 7.12. The summed E-state index contributed by atoms with van der Waals surface area (Å²) in [5.74, 6) is -0.160. The number of aliphatic hydroxyl groups excluding tert-OH is 1. The smallest absolute Gasteiger partial charge is 0.273 e. The van der Waals surface area contributed by atoms with Crippen LogP contribution < -0.4 is 5.32 Å². The molecular weight excluding hydrogens is 304 g/mol. The minimum atomic E-state index is -0.431. The molecule has 1 amide bonds. The van der Waals surface area contributed by atoms with Crippen molar-refractivity contribution in [1.29, 1.82) is 0 Å². The third-order valence-corrected chi connectivity index (χ3v) is 3.64. The molecule has 22 heavy (non-hydrogen) atoms. The Kier molecular flexibility index (Phi) is 5.51. The van der Waals surface area contributed by atoms with E-state index in [1.165, 1.54) is 10.9 Å². The molecule has 7 heteroatoms. The number of para-hydroxylation sites is 1. The third kappa shape index (κ3) is 4.05. The second kappa shape index (κ2) is 7.38. The van der Waals surface area contributed by atoms with Gasteiger partial charge in [0.1, 0.15) is 0 Å². The molecule has 0 spiro atoms. The van der Waals surface area contributed by atoms with Gasteiger partial charge < -0.3 is 10.4 Å². The van der Waals surface area contributed by atoms with E-state index in [1.807, 2.05) is 26.0 Å². The molecule has 2 N–H and O–H groups in total. The highest BCUT2D eigenvalue weighted by molar-refractivity contribution is 6.32. The van der Waals surface area contributed by atoms with Gasteiger partial charge in [0.05, 0.1) is 23.0 Å². The molecule has 0 bridgehead atoms. The van der Waals surface area contributed by atoms with Crippen molar-refractivity contribution >= 4 is 17.5 Å². The number of rotatable bonds is 6. The molecule has 0 saturated carbocycles. The maximum absolute atomic E-state index is 12.0. The predicted molar refractivity (Wildman–Crippen MR) is 84.2 cm³/mol. The summed E-state index contributed by atoms with van der Waals surface area (Å²) in [4.78, 5) is 12.0. The van der Waals surface area contributed by atoms with Crippen LogP contribution in [-0.4, -0.2) is 38.7 Å². The Morgan fingerprint density at radius 2 is 2.14 bits per heavy atom. The van der Waals surface area contributed by atoms with Gasteiger partial charge in [-0.2, -0.15) is 0 Å². The molecule has 0 fully saturated rings. The zero-order valence-electron chi connectivity index (χ0n) is 12.5. The molecule has 2 rings (SSSR count). The zero-order valence-corrected chi connectivity index (χ0v) is 13.3. The Hall–Kier alpha value is -1.92. The highest BCUT2D eigenvalue weighted by atomic mass is 35.5. The number of halogens is 1. The molecule has 1 atom stereocenters. The van der Waals surface area contributed by atoms with E-state index in [4.69, 9.17) is 11.6 Å². The summed E-state index contributed by atoms with van der Waals surface area (Å²) in [5.41, 5.74) is 0.866. The number of amides is 1. The fourth-order valence-electron chi connectivity index (χ4n) is 1.88.